The van der Waals surface area contributed by atoms with Crippen molar-refractivity contribution in [3.8, 4) is 0 Å². The van der Waals surface area contributed by atoms with Crippen LogP contribution in [0.4, 0.5) is 5.82 Å². The molecule has 6 heteroatoms. The Hall–Kier alpha value is -0.910. The number of nitrogens with zero attached hydrogens (tertiary/aromatic N) is 2. The Balaban J connectivity index is 2.92. The second-order valence-corrected chi connectivity index (χ2v) is 3.08. The fourth-order valence-electron chi connectivity index (χ4n) is 0.864. The van der Waals surface area contributed by atoms with Crippen molar-refractivity contribution in [1.82, 2.24) is 9.97 Å². The van der Waals surface area contributed by atoms with Crippen LogP contribution in [0.15, 0.2) is 4.60 Å². The molecule has 1 aromatic rings. The Kier molecular flexibility index (Phi) is 2.80. The topological polar surface area (TPSA) is 71.8 Å². The Morgan fingerprint density at radius 1 is 1.75 bits per heavy atom. The van der Waals surface area contributed by atoms with E-state index in [-0.39, 0.29) is 10.4 Å². The summed E-state index contributed by atoms with van der Waals surface area (Å²) in [6, 6.07) is 0. The van der Waals surface area contributed by atoms with E-state index in [1.165, 1.54) is 0 Å². The van der Waals surface area contributed by atoms with E-state index in [0.717, 1.165) is 12.8 Å². The van der Waals surface area contributed by atoms with E-state index in [1.54, 1.807) is 0 Å². The van der Waals surface area contributed by atoms with E-state index in [1.807, 2.05) is 6.92 Å². The third-order valence-electron chi connectivity index (χ3n) is 1.36. The molecule has 0 saturated carbocycles. The Morgan fingerprint density at radius 2 is 2.42 bits per heavy atom. The average Bonchev–Trinajstić information content (AvgIpc) is 2.32. The number of hydrogen-bond donors (Lipinski definition) is 1. The van der Waals surface area contributed by atoms with Crippen molar-refractivity contribution in [2.24, 2.45) is 0 Å². The zero-order valence-corrected chi connectivity index (χ0v) is 8.09. The smallest absolute Gasteiger partial charge is 0.355 e. The zero-order chi connectivity index (χ0) is 9.14. The molecular formula is C6H8BrN3O2. The van der Waals surface area contributed by atoms with Gasteiger partial charge in [-0.25, -0.2) is 4.98 Å². The van der Waals surface area contributed by atoms with E-state index >= 15 is 0 Å². The molecule has 1 heterocycles. The molecule has 0 aliphatic heterocycles. The molecule has 1 rings (SSSR count). The number of aromatic amines is 1. The van der Waals surface area contributed by atoms with Crippen molar-refractivity contribution >= 4 is 21.7 Å². The maximum absolute atomic E-state index is 10.3. The van der Waals surface area contributed by atoms with E-state index in [2.05, 4.69) is 25.9 Å². The first-order valence-electron chi connectivity index (χ1n) is 3.54. The molecule has 0 unspecified atom stereocenters. The molecule has 0 amide bonds. The van der Waals surface area contributed by atoms with Gasteiger partial charge in [-0.05, 0) is 27.3 Å². The first-order chi connectivity index (χ1) is 5.65. The highest BCUT2D eigenvalue weighted by Gasteiger charge is 2.16. The molecule has 0 aliphatic carbocycles. The van der Waals surface area contributed by atoms with Crippen LogP contribution in [0.5, 0.6) is 0 Å². The van der Waals surface area contributed by atoms with Crippen LogP contribution >= 0.6 is 15.9 Å². The third kappa shape index (κ3) is 1.82. The minimum absolute atomic E-state index is 0.0709. The van der Waals surface area contributed by atoms with E-state index in [0.29, 0.717) is 5.82 Å². The molecule has 0 bridgehead atoms. The normalized spacial score (nSPS) is 10.2. The molecule has 1 N–H and O–H groups in total. The number of hydrogen-bond acceptors (Lipinski definition) is 3. The lowest BCUT2D eigenvalue weighted by atomic mass is 10.3. The predicted octanol–water partition coefficient (Wildman–Crippen LogP) is 2.03. The van der Waals surface area contributed by atoms with Gasteiger partial charge in [0, 0.05) is 6.42 Å². The minimum Gasteiger partial charge on any atom is -0.358 e. The molecule has 0 fully saturated rings. The van der Waals surface area contributed by atoms with Gasteiger partial charge in [0.05, 0.1) is 0 Å². The SMILES string of the molecule is CCCc1nc(Br)c([N+](=O)[O-])[nH]1. The number of imidazole rings is 1. The Bertz CT molecular complexity index is 297. The summed E-state index contributed by atoms with van der Waals surface area (Å²) in [5.74, 6) is 0.578. The van der Waals surface area contributed by atoms with Gasteiger partial charge in [-0.15, -0.1) is 0 Å². The molecule has 0 spiro atoms. The van der Waals surface area contributed by atoms with E-state index < -0.39 is 4.92 Å². The quantitative estimate of drug-likeness (QED) is 0.642. The van der Waals surface area contributed by atoms with Crippen LogP contribution < -0.4 is 0 Å². The summed E-state index contributed by atoms with van der Waals surface area (Å²) in [7, 11) is 0. The molecule has 66 valence electrons. The molecule has 1 aromatic heterocycles. The largest absolute Gasteiger partial charge is 0.358 e. The summed E-state index contributed by atoms with van der Waals surface area (Å²) in [5, 5.41) is 10.3. The van der Waals surface area contributed by atoms with Gasteiger partial charge in [-0.3, -0.25) is 0 Å². The van der Waals surface area contributed by atoms with Crippen LogP contribution in [0.2, 0.25) is 0 Å². The maximum atomic E-state index is 10.3. The van der Waals surface area contributed by atoms with Crippen LogP contribution in [0, 0.1) is 10.1 Å². The highest BCUT2D eigenvalue weighted by atomic mass is 79.9. The van der Waals surface area contributed by atoms with Gasteiger partial charge in [0.2, 0.25) is 4.60 Å². The van der Waals surface area contributed by atoms with Gasteiger partial charge in [0.15, 0.2) is 5.82 Å². The minimum atomic E-state index is -0.490. The van der Waals surface area contributed by atoms with Crippen molar-refractivity contribution in [3.05, 3.63) is 20.5 Å². The maximum Gasteiger partial charge on any atom is 0.355 e. The van der Waals surface area contributed by atoms with E-state index in [4.69, 9.17) is 0 Å². The van der Waals surface area contributed by atoms with Gasteiger partial charge in [0.25, 0.3) is 0 Å². The average molecular weight is 234 g/mol. The molecule has 5 nitrogen and oxygen atoms in total. The summed E-state index contributed by atoms with van der Waals surface area (Å²) in [6.07, 6.45) is 1.64. The van der Waals surface area contributed by atoms with Crippen LogP contribution in [0.25, 0.3) is 0 Å². The van der Waals surface area contributed by atoms with Crippen LogP contribution in [0.1, 0.15) is 19.2 Å². The highest BCUT2D eigenvalue weighted by Crippen LogP contribution is 2.21. The van der Waals surface area contributed by atoms with Gasteiger partial charge in [-0.1, -0.05) is 6.92 Å². The van der Waals surface area contributed by atoms with Crippen molar-refractivity contribution in [3.63, 3.8) is 0 Å². The number of aromatic nitrogens is 2. The van der Waals surface area contributed by atoms with Gasteiger partial charge < -0.3 is 10.1 Å². The summed E-state index contributed by atoms with van der Waals surface area (Å²) in [5.41, 5.74) is 0. The molecule has 0 atom stereocenters. The van der Waals surface area contributed by atoms with E-state index in [9.17, 15) is 10.1 Å². The van der Waals surface area contributed by atoms with Crippen molar-refractivity contribution in [1.29, 1.82) is 0 Å². The molecular weight excluding hydrogens is 226 g/mol. The predicted molar refractivity (Wildman–Crippen MR) is 46.9 cm³/mol. The van der Waals surface area contributed by atoms with Crippen molar-refractivity contribution < 1.29 is 4.92 Å². The van der Waals surface area contributed by atoms with Crippen LogP contribution in [0.3, 0.4) is 0 Å². The Morgan fingerprint density at radius 3 is 2.83 bits per heavy atom. The number of halogens is 1. The van der Waals surface area contributed by atoms with Crippen LogP contribution in [-0.4, -0.2) is 14.9 Å². The summed E-state index contributed by atoms with van der Waals surface area (Å²) >= 11 is 3.00. The fraction of sp³-hybridized carbons (Fsp3) is 0.500. The number of nitrogens with one attached hydrogen (secondary N) is 1. The monoisotopic (exact) mass is 233 g/mol. The van der Waals surface area contributed by atoms with Crippen LogP contribution in [-0.2, 0) is 6.42 Å². The number of nitro groups is 1. The standard InChI is InChI=1S/C6H8BrN3O2/c1-2-3-4-8-5(7)6(9-4)10(11)12/h2-3H2,1H3,(H,8,9). The molecule has 12 heavy (non-hydrogen) atoms. The third-order valence-corrected chi connectivity index (χ3v) is 1.91. The van der Waals surface area contributed by atoms with Crippen molar-refractivity contribution in [2.45, 2.75) is 19.8 Å². The van der Waals surface area contributed by atoms with Gasteiger partial charge >= 0.3 is 5.82 Å². The zero-order valence-electron chi connectivity index (χ0n) is 6.50. The number of rotatable bonds is 3. The second kappa shape index (κ2) is 3.66. The van der Waals surface area contributed by atoms with Crippen molar-refractivity contribution in [2.75, 3.05) is 0 Å². The number of H-pyrrole nitrogens is 1. The summed E-state index contributed by atoms with van der Waals surface area (Å²) in [4.78, 5) is 16.4. The second-order valence-electron chi connectivity index (χ2n) is 2.33. The molecule has 0 radical (unpaired) electrons. The molecule has 0 aromatic carbocycles. The lowest BCUT2D eigenvalue weighted by Gasteiger charge is -1.87. The van der Waals surface area contributed by atoms with Gasteiger partial charge in [0.1, 0.15) is 0 Å². The molecule has 0 aliphatic rings. The molecule has 0 saturated heterocycles. The lowest BCUT2D eigenvalue weighted by molar-refractivity contribution is -0.390. The number of aryl methyl sites for hydroxylation is 1. The Labute approximate surface area is 77.5 Å². The lowest BCUT2D eigenvalue weighted by Crippen LogP contribution is -1.89. The summed E-state index contributed by atoms with van der Waals surface area (Å²) < 4.78 is 0.274. The summed E-state index contributed by atoms with van der Waals surface area (Å²) in [6.45, 7) is 1.99. The fourth-order valence-corrected chi connectivity index (χ4v) is 1.32. The van der Waals surface area contributed by atoms with Gasteiger partial charge in [-0.2, -0.15) is 4.98 Å². The first-order valence-corrected chi connectivity index (χ1v) is 4.33. The first kappa shape index (κ1) is 9.18. The highest BCUT2D eigenvalue weighted by molar-refractivity contribution is 9.10.